The summed E-state index contributed by atoms with van der Waals surface area (Å²) in [6, 6.07) is 16.2. The maximum absolute atomic E-state index is 6.34. The van der Waals surface area contributed by atoms with Crippen LogP contribution in [0.4, 0.5) is 10.8 Å². The van der Waals surface area contributed by atoms with Crippen LogP contribution in [0, 0.1) is 0 Å². The predicted octanol–water partition coefficient (Wildman–Crippen LogP) is 5.53. The molecule has 22 heavy (non-hydrogen) atoms. The van der Waals surface area contributed by atoms with Crippen molar-refractivity contribution in [2.75, 3.05) is 10.0 Å². The van der Waals surface area contributed by atoms with Gasteiger partial charge in [-0.15, -0.1) is 11.3 Å². The molecule has 0 aliphatic heterocycles. The highest BCUT2D eigenvalue weighted by Crippen LogP contribution is 2.29. The van der Waals surface area contributed by atoms with E-state index < -0.39 is 0 Å². The molecule has 0 amide bonds. The molecule has 1 heterocycles. The van der Waals surface area contributed by atoms with Gasteiger partial charge in [0.1, 0.15) is 0 Å². The van der Waals surface area contributed by atoms with Crippen LogP contribution in [0.2, 0.25) is 5.02 Å². The Morgan fingerprint density at radius 2 is 2.00 bits per heavy atom. The van der Waals surface area contributed by atoms with Crippen molar-refractivity contribution in [3.8, 4) is 0 Å². The van der Waals surface area contributed by atoms with Crippen molar-refractivity contribution in [3.05, 3.63) is 70.7 Å². The van der Waals surface area contributed by atoms with Crippen molar-refractivity contribution in [1.29, 1.82) is 0 Å². The molecule has 0 saturated heterocycles. The number of anilines is 2. The lowest BCUT2D eigenvalue weighted by atomic mass is 10.2. The van der Waals surface area contributed by atoms with Crippen LogP contribution in [0.5, 0.6) is 0 Å². The van der Waals surface area contributed by atoms with Gasteiger partial charge in [-0.1, -0.05) is 41.9 Å². The average Bonchev–Trinajstić information content (AvgIpc) is 3.06. The van der Waals surface area contributed by atoms with Gasteiger partial charge in [0.25, 0.3) is 0 Å². The Balaban J connectivity index is 1.59. The molecule has 0 saturated carbocycles. The van der Waals surface area contributed by atoms with Gasteiger partial charge >= 0.3 is 0 Å². The van der Waals surface area contributed by atoms with E-state index in [9.17, 15) is 0 Å². The SMILES string of the molecule is Clc1cc(SNc2nccs2)ccc1NCc1ccccc1. The smallest absolute Gasteiger partial charge is 0.192 e. The zero-order valence-corrected chi connectivity index (χ0v) is 14.0. The summed E-state index contributed by atoms with van der Waals surface area (Å²) in [5, 5.41) is 6.88. The fraction of sp³-hybridized carbons (Fsp3) is 0.0625. The molecule has 0 atom stereocenters. The molecule has 3 rings (SSSR count). The van der Waals surface area contributed by atoms with Crippen LogP contribution in [0.3, 0.4) is 0 Å². The number of nitrogens with one attached hydrogen (secondary N) is 2. The van der Waals surface area contributed by atoms with Crippen LogP contribution in [-0.4, -0.2) is 4.98 Å². The van der Waals surface area contributed by atoms with Crippen molar-refractivity contribution in [2.24, 2.45) is 0 Å². The maximum atomic E-state index is 6.34. The molecule has 3 aromatic rings. The molecule has 6 heteroatoms. The Morgan fingerprint density at radius 3 is 2.73 bits per heavy atom. The van der Waals surface area contributed by atoms with Crippen LogP contribution in [0.25, 0.3) is 0 Å². The van der Waals surface area contributed by atoms with Gasteiger partial charge in [0.15, 0.2) is 5.13 Å². The molecule has 0 radical (unpaired) electrons. The molecule has 0 aliphatic carbocycles. The van der Waals surface area contributed by atoms with Gasteiger partial charge < -0.3 is 10.0 Å². The molecular formula is C16H14ClN3S2. The summed E-state index contributed by atoms with van der Waals surface area (Å²) in [6.45, 7) is 0.754. The molecule has 1 aromatic heterocycles. The van der Waals surface area contributed by atoms with E-state index >= 15 is 0 Å². The van der Waals surface area contributed by atoms with Crippen molar-refractivity contribution >= 4 is 45.7 Å². The maximum Gasteiger partial charge on any atom is 0.192 e. The summed E-state index contributed by atoms with van der Waals surface area (Å²) < 4.78 is 3.19. The minimum Gasteiger partial charge on any atom is -0.380 e. The van der Waals surface area contributed by atoms with Gasteiger partial charge in [-0.25, -0.2) is 4.98 Å². The van der Waals surface area contributed by atoms with Crippen molar-refractivity contribution in [3.63, 3.8) is 0 Å². The van der Waals surface area contributed by atoms with Crippen LogP contribution in [-0.2, 0) is 6.54 Å². The number of benzene rings is 2. The molecule has 0 fully saturated rings. The fourth-order valence-electron chi connectivity index (χ4n) is 1.87. The third-order valence-corrected chi connectivity index (χ3v) is 4.87. The minimum atomic E-state index is 0.710. The highest BCUT2D eigenvalue weighted by atomic mass is 35.5. The lowest BCUT2D eigenvalue weighted by molar-refractivity contribution is 1.15. The second-order valence-corrected chi connectivity index (χ2v) is 6.70. The van der Waals surface area contributed by atoms with E-state index in [0.29, 0.717) is 5.02 Å². The minimum absolute atomic E-state index is 0.710. The van der Waals surface area contributed by atoms with Gasteiger partial charge in [0.05, 0.1) is 10.7 Å². The Hall–Kier alpha value is -1.69. The summed E-state index contributed by atoms with van der Waals surface area (Å²) in [7, 11) is 0. The van der Waals surface area contributed by atoms with Crippen molar-refractivity contribution in [2.45, 2.75) is 11.4 Å². The van der Waals surface area contributed by atoms with Gasteiger partial charge in [0, 0.05) is 23.0 Å². The quantitative estimate of drug-likeness (QED) is 0.575. The Morgan fingerprint density at radius 1 is 1.14 bits per heavy atom. The number of halogens is 1. The topological polar surface area (TPSA) is 37.0 Å². The molecule has 0 bridgehead atoms. The molecule has 0 unspecified atom stereocenters. The highest BCUT2D eigenvalue weighted by Gasteiger charge is 2.03. The van der Waals surface area contributed by atoms with Crippen molar-refractivity contribution < 1.29 is 0 Å². The zero-order chi connectivity index (χ0) is 15.2. The van der Waals surface area contributed by atoms with E-state index in [4.69, 9.17) is 11.6 Å². The fourth-order valence-corrected chi connectivity index (χ4v) is 3.44. The summed E-state index contributed by atoms with van der Waals surface area (Å²) >= 11 is 9.41. The van der Waals surface area contributed by atoms with E-state index in [2.05, 4.69) is 27.2 Å². The molecule has 2 N–H and O–H groups in total. The first-order chi connectivity index (χ1) is 10.8. The average molecular weight is 348 g/mol. The lowest BCUT2D eigenvalue weighted by Gasteiger charge is -2.10. The van der Waals surface area contributed by atoms with Gasteiger partial charge in [-0.05, 0) is 35.7 Å². The second kappa shape index (κ2) is 7.54. The van der Waals surface area contributed by atoms with Gasteiger partial charge in [0.2, 0.25) is 0 Å². The largest absolute Gasteiger partial charge is 0.380 e. The third kappa shape index (κ3) is 4.16. The molecule has 0 aliphatic rings. The number of hydrogen-bond acceptors (Lipinski definition) is 5. The zero-order valence-electron chi connectivity index (χ0n) is 11.6. The van der Waals surface area contributed by atoms with Crippen LogP contribution in [0.1, 0.15) is 5.56 Å². The third-order valence-electron chi connectivity index (χ3n) is 2.95. The van der Waals surface area contributed by atoms with Gasteiger partial charge in [-0.2, -0.15) is 0 Å². The summed E-state index contributed by atoms with van der Waals surface area (Å²) in [5.74, 6) is 0. The number of thiazole rings is 1. The standard InChI is InChI=1S/C16H14ClN3S2/c17-14-10-13(22-20-16-18-8-9-21-16)6-7-15(14)19-11-12-4-2-1-3-5-12/h1-10,19H,11H2,(H,18,20). The molecule has 0 spiro atoms. The van der Waals surface area contributed by atoms with Crippen LogP contribution >= 0.6 is 34.9 Å². The van der Waals surface area contributed by atoms with E-state index in [1.165, 1.54) is 17.5 Å². The molecule has 2 aromatic carbocycles. The first kappa shape index (κ1) is 15.2. The molecule has 3 nitrogen and oxygen atoms in total. The molecule has 112 valence electrons. The predicted molar refractivity (Wildman–Crippen MR) is 96.8 cm³/mol. The van der Waals surface area contributed by atoms with E-state index in [-0.39, 0.29) is 0 Å². The van der Waals surface area contributed by atoms with Crippen LogP contribution in [0.15, 0.2) is 65.0 Å². The van der Waals surface area contributed by atoms with E-state index in [1.807, 2.05) is 41.8 Å². The van der Waals surface area contributed by atoms with Crippen LogP contribution < -0.4 is 10.0 Å². The summed E-state index contributed by atoms with van der Waals surface area (Å²) in [4.78, 5) is 5.22. The summed E-state index contributed by atoms with van der Waals surface area (Å²) in [6.07, 6.45) is 1.77. The number of hydrogen-bond donors (Lipinski definition) is 2. The van der Waals surface area contributed by atoms with Crippen molar-refractivity contribution in [1.82, 2.24) is 4.98 Å². The van der Waals surface area contributed by atoms with E-state index in [1.54, 1.807) is 17.5 Å². The second-order valence-electron chi connectivity index (χ2n) is 4.52. The molecular weight excluding hydrogens is 334 g/mol. The lowest BCUT2D eigenvalue weighted by Crippen LogP contribution is -1.99. The number of nitrogens with zero attached hydrogens (tertiary/aromatic N) is 1. The van der Waals surface area contributed by atoms with E-state index in [0.717, 1.165) is 22.3 Å². The Kier molecular flexibility index (Phi) is 5.21. The Bertz CT molecular complexity index is 718. The normalized spacial score (nSPS) is 10.4. The summed E-state index contributed by atoms with van der Waals surface area (Å²) in [5.41, 5.74) is 2.16. The monoisotopic (exact) mass is 347 g/mol. The van der Waals surface area contributed by atoms with Gasteiger partial charge in [-0.3, -0.25) is 0 Å². The highest BCUT2D eigenvalue weighted by molar-refractivity contribution is 8.00. The first-order valence-corrected chi connectivity index (χ1v) is 8.78. The number of rotatable bonds is 6. The Labute approximate surface area is 142 Å². The number of aromatic nitrogens is 1. The first-order valence-electron chi connectivity index (χ1n) is 6.71.